The number of hydrogen-bond donors (Lipinski definition) is 0. The van der Waals surface area contributed by atoms with Gasteiger partial charge in [-0.3, -0.25) is 4.79 Å². The molecule has 2 heterocycles. The van der Waals surface area contributed by atoms with Crippen LogP contribution in [0.4, 0.5) is 5.69 Å². The molecule has 1 aromatic heterocycles. The SMILES string of the molecule is O=C1CC(c2nc(-c3ccc(Cl)cc3)no2)CN1c1ccccc1. The van der Waals surface area contributed by atoms with E-state index in [0.717, 1.165) is 11.3 Å². The third-order valence-corrected chi connectivity index (χ3v) is 4.34. The number of nitrogens with zero attached hydrogens (tertiary/aromatic N) is 3. The average Bonchev–Trinajstić information content (AvgIpc) is 3.23. The van der Waals surface area contributed by atoms with Gasteiger partial charge in [0.2, 0.25) is 17.6 Å². The number of para-hydroxylation sites is 1. The second-order valence-corrected chi connectivity index (χ2v) is 6.14. The topological polar surface area (TPSA) is 59.2 Å². The van der Waals surface area contributed by atoms with Crippen molar-refractivity contribution in [3.05, 3.63) is 65.5 Å². The Morgan fingerprint density at radius 1 is 1.08 bits per heavy atom. The monoisotopic (exact) mass is 339 g/mol. The van der Waals surface area contributed by atoms with Crippen LogP contribution in [0.25, 0.3) is 11.4 Å². The third-order valence-electron chi connectivity index (χ3n) is 4.09. The Bertz CT molecular complexity index is 861. The van der Waals surface area contributed by atoms with Crippen molar-refractivity contribution in [2.45, 2.75) is 12.3 Å². The standard InChI is InChI=1S/C18H14ClN3O2/c19-14-8-6-12(7-9-14)17-20-18(24-21-17)13-10-16(23)22(11-13)15-4-2-1-3-5-15/h1-9,13H,10-11H2. The van der Waals surface area contributed by atoms with Gasteiger partial charge in [0.25, 0.3) is 0 Å². The van der Waals surface area contributed by atoms with E-state index in [0.29, 0.717) is 29.7 Å². The normalized spacial score (nSPS) is 17.5. The first-order valence-corrected chi connectivity index (χ1v) is 8.03. The van der Waals surface area contributed by atoms with Crippen LogP contribution in [0.1, 0.15) is 18.2 Å². The molecule has 24 heavy (non-hydrogen) atoms. The highest BCUT2D eigenvalue weighted by Gasteiger charge is 2.35. The molecule has 2 aromatic carbocycles. The van der Waals surface area contributed by atoms with Crippen molar-refractivity contribution in [1.82, 2.24) is 10.1 Å². The molecule has 0 radical (unpaired) electrons. The van der Waals surface area contributed by atoms with Crippen LogP contribution in [-0.4, -0.2) is 22.6 Å². The average molecular weight is 340 g/mol. The van der Waals surface area contributed by atoms with Crippen LogP contribution in [0.2, 0.25) is 5.02 Å². The molecule has 1 aliphatic heterocycles. The van der Waals surface area contributed by atoms with E-state index in [9.17, 15) is 4.79 Å². The van der Waals surface area contributed by atoms with Gasteiger partial charge in [-0.25, -0.2) is 0 Å². The van der Waals surface area contributed by atoms with Crippen LogP contribution in [0.3, 0.4) is 0 Å². The first kappa shape index (κ1) is 14.9. The molecule has 120 valence electrons. The molecule has 0 bridgehead atoms. The summed E-state index contributed by atoms with van der Waals surface area (Å²) in [5.41, 5.74) is 1.72. The molecule has 1 fully saturated rings. The van der Waals surface area contributed by atoms with E-state index in [2.05, 4.69) is 10.1 Å². The molecule has 0 N–H and O–H groups in total. The van der Waals surface area contributed by atoms with Gasteiger partial charge in [0.1, 0.15) is 0 Å². The van der Waals surface area contributed by atoms with Crippen molar-refractivity contribution in [2.24, 2.45) is 0 Å². The Labute approximate surface area is 143 Å². The third kappa shape index (κ3) is 2.78. The van der Waals surface area contributed by atoms with Crippen LogP contribution in [0.15, 0.2) is 59.1 Å². The smallest absolute Gasteiger partial charge is 0.232 e. The molecule has 1 unspecified atom stereocenters. The summed E-state index contributed by atoms with van der Waals surface area (Å²) in [6.45, 7) is 0.547. The number of anilines is 1. The zero-order chi connectivity index (χ0) is 16.5. The molecule has 0 spiro atoms. The number of halogens is 1. The molecule has 1 saturated heterocycles. The van der Waals surface area contributed by atoms with E-state index < -0.39 is 0 Å². The number of rotatable bonds is 3. The number of amides is 1. The summed E-state index contributed by atoms with van der Waals surface area (Å²) in [7, 11) is 0. The van der Waals surface area contributed by atoms with Gasteiger partial charge in [-0.2, -0.15) is 4.98 Å². The number of carbonyl (C=O) groups is 1. The summed E-state index contributed by atoms with van der Waals surface area (Å²) in [6, 6.07) is 16.9. The van der Waals surface area contributed by atoms with Crippen LogP contribution >= 0.6 is 11.6 Å². The fourth-order valence-corrected chi connectivity index (χ4v) is 2.97. The first-order chi connectivity index (χ1) is 11.7. The van der Waals surface area contributed by atoms with Gasteiger partial charge in [-0.15, -0.1) is 0 Å². The zero-order valence-electron chi connectivity index (χ0n) is 12.7. The fraction of sp³-hybridized carbons (Fsp3) is 0.167. The van der Waals surface area contributed by atoms with E-state index >= 15 is 0 Å². The lowest BCUT2D eigenvalue weighted by Crippen LogP contribution is -2.24. The van der Waals surface area contributed by atoms with Crippen molar-refractivity contribution < 1.29 is 9.32 Å². The molecule has 1 amide bonds. The minimum Gasteiger partial charge on any atom is -0.339 e. The molecule has 1 aliphatic rings. The number of carbonyl (C=O) groups excluding carboxylic acids is 1. The summed E-state index contributed by atoms with van der Waals surface area (Å²) in [4.78, 5) is 18.5. The molecular weight excluding hydrogens is 326 g/mol. The molecule has 6 heteroatoms. The van der Waals surface area contributed by atoms with E-state index in [-0.39, 0.29) is 11.8 Å². The van der Waals surface area contributed by atoms with Gasteiger partial charge in [0.15, 0.2) is 0 Å². The predicted octanol–water partition coefficient (Wildman–Crippen LogP) is 3.91. The van der Waals surface area contributed by atoms with E-state index in [4.69, 9.17) is 16.1 Å². The van der Waals surface area contributed by atoms with Gasteiger partial charge < -0.3 is 9.42 Å². The van der Waals surface area contributed by atoms with Gasteiger partial charge in [0.05, 0.1) is 5.92 Å². The van der Waals surface area contributed by atoms with Crippen molar-refractivity contribution in [3.63, 3.8) is 0 Å². The van der Waals surface area contributed by atoms with Crippen molar-refractivity contribution in [2.75, 3.05) is 11.4 Å². The van der Waals surface area contributed by atoms with Crippen molar-refractivity contribution in [1.29, 1.82) is 0 Å². The molecule has 3 aromatic rings. The molecule has 0 aliphatic carbocycles. The maximum atomic E-state index is 12.3. The lowest BCUT2D eigenvalue weighted by atomic mass is 10.1. The number of benzene rings is 2. The van der Waals surface area contributed by atoms with Gasteiger partial charge in [-0.1, -0.05) is 35.0 Å². The summed E-state index contributed by atoms with van der Waals surface area (Å²) in [5, 5.41) is 4.68. The highest BCUT2D eigenvalue weighted by atomic mass is 35.5. The Morgan fingerprint density at radius 3 is 2.58 bits per heavy atom. The highest BCUT2D eigenvalue weighted by molar-refractivity contribution is 6.30. The van der Waals surface area contributed by atoms with Crippen molar-refractivity contribution >= 4 is 23.2 Å². The van der Waals surface area contributed by atoms with Gasteiger partial charge >= 0.3 is 0 Å². The first-order valence-electron chi connectivity index (χ1n) is 7.65. The maximum Gasteiger partial charge on any atom is 0.232 e. The van der Waals surface area contributed by atoms with E-state index in [1.807, 2.05) is 42.5 Å². The number of hydrogen-bond acceptors (Lipinski definition) is 4. The lowest BCUT2D eigenvalue weighted by Gasteiger charge is -2.15. The second-order valence-electron chi connectivity index (χ2n) is 5.70. The summed E-state index contributed by atoms with van der Waals surface area (Å²) in [5.74, 6) is 0.975. The van der Waals surface area contributed by atoms with Crippen LogP contribution < -0.4 is 4.90 Å². The van der Waals surface area contributed by atoms with Crippen LogP contribution in [0, 0.1) is 0 Å². The molecule has 5 nitrogen and oxygen atoms in total. The summed E-state index contributed by atoms with van der Waals surface area (Å²) >= 11 is 5.89. The molecule has 4 rings (SSSR count). The zero-order valence-corrected chi connectivity index (χ0v) is 13.5. The molecule has 1 atom stereocenters. The predicted molar refractivity (Wildman–Crippen MR) is 90.9 cm³/mol. The largest absolute Gasteiger partial charge is 0.339 e. The second kappa shape index (κ2) is 6.09. The Kier molecular flexibility index (Phi) is 3.78. The van der Waals surface area contributed by atoms with E-state index in [1.165, 1.54) is 0 Å². The fourth-order valence-electron chi connectivity index (χ4n) is 2.85. The Morgan fingerprint density at radius 2 is 1.83 bits per heavy atom. The van der Waals surface area contributed by atoms with Crippen LogP contribution in [-0.2, 0) is 4.79 Å². The van der Waals surface area contributed by atoms with Crippen molar-refractivity contribution in [3.8, 4) is 11.4 Å². The minimum atomic E-state index is -0.0914. The maximum absolute atomic E-state index is 12.3. The van der Waals surface area contributed by atoms with Gasteiger partial charge in [0, 0.05) is 29.2 Å². The lowest BCUT2D eigenvalue weighted by molar-refractivity contribution is -0.117. The minimum absolute atomic E-state index is 0.0671. The van der Waals surface area contributed by atoms with E-state index in [1.54, 1.807) is 17.0 Å². The summed E-state index contributed by atoms with van der Waals surface area (Å²) in [6.07, 6.45) is 0.372. The quantitative estimate of drug-likeness (QED) is 0.726. The van der Waals surface area contributed by atoms with Crippen LogP contribution in [0.5, 0.6) is 0 Å². The Balaban J connectivity index is 1.55. The molecule has 0 saturated carbocycles. The number of aromatic nitrogens is 2. The molecular formula is C18H14ClN3O2. The summed E-state index contributed by atoms with van der Waals surface area (Å²) < 4.78 is 5.39. The Hall–Kier alpha value is -2.66. The highest BCUT2D eigenvalue weighted by Crippen LogP contribution is 2.31. The van der Waals surface area contributed by atoms with Gasteiger partial charge in [-0.05, 0) is 36.4 Å².